The monoisotopic (exact) mass is 234 g/mol. The van der Waals surface area contributed by atoms with E-state index in [1.54, 1.807) is 4.90 Å². The first kappa shape index (κ1) is 13.6. The molecule has 94 valence electrons. The van der Waals surface area contributed by atoms with E-state index in [9.17, 15) is 4.79 Å². The van der Waals surface area contributed by atoms with Crippen LogP contribution in [0.2, 0.25) is 0 Å². The van der Waals surface area contributed by atoms with Crippen LogP contribution in [0.1, 0.15) is 26.7 Å². The number of rotatable bonds is 6. The predicted molar refractivity (Wildman–Crippen MR) is 72.1 cm³/mol. The molecule has 0 aromatic heterocycles. The zero-order valence-corrected chi connectivity index (χ0v) is 10.9. The Bertz CT molecular complexity index is 337. The Morgan fingerprint density at radius 3 is 2.59 bits per heavy atom. The fraction of sp³-hybridized carbons (Fsp3) is 0.500. The summed E-state index contributed by atoms with van der Waals surface area (Å²) in [5.41, 5.74) is 0.984. The number of carbonyl (C=O) groups is 1. The molecule has 0 bridgehead atoms. The molecular weight excluding hydrogens is 212 g/mol. The Balaban J connectivity index is 2.47. The van der Waals surface area contributed by atoms with Gasteiger partial charge in [-0.25, -0.2) is 0 Å². The van der Waals surface area contributed by atoms with Crippen LogP contribution in [0.25, 0.3) is 0 Å². The number of benzene rings is 1. The zero-order chi connectivity index (χ0) is 12.7. The van der Waals surface area contributed by atoms with Gasteiger partial charge in [0.25, 0.3) is 0 Å². The third-order valence-corrected chi connectivity index (χ3v) is 2.75. The molecule has 0 aliphatic carbocycles. The number of para-hydroxylation sites is 1. The quantitative estimate of drug-likeness (QED) is 0.821. The molecule has 0 saturated heterocycles. The fourth-order valence-electron chi connectivity index (χ4n) is 1.68. The fourth-order valence-corrected chi connectivity index (χ4v) is 1.68. The Kier molecular flexibility index (Phi) is 5.53. The predicted octanol–water partition coefficient (Wildman–Crippen LogP) is 2.75. The molecule has 3 heteroatoms. The summed E-state index contributed by atoms with van der Waals surface area (Å²) in [6.07, 6.45) is 2.17. The molecule has 1 aromatic rings. The number of unbranched alkanes of at least 4 members (excludes halogenated alkanes) is 1. The molecule has 1 N–H and O–H groups in total. The lowest BCUT2D eigenvalue weighted by atomic mass is 10.2. The van der Waals surface area contributed by atoms with E-state index in [-0.39, 0.29) is 11.9 Å². The highest BCUT2D eigenvalue weighted by molar-refractivity contribution is 5.84. The Morgan fingerprint density at radius 2 is 2.00 bits per heavy atom. The van der Waals surface area contributed by atoms with Crippen LogP contribution in [0.3, 0.4) is 0 Å². The first-order chi connectivity index (χ1) is 8.15. The summed E-state index contributed by atoms with van der Waals surface area (Å²) in [4.78, 5) is 13.8. The van der Waals surface area contributed by atoms with Crippen LogP contribution in [-0.4, -0.2) is 30.4 Å². The molecule has 1 unspecified atom stereocenters. The Hall–Kier alpha value is -1.51. The van der Waals surface area contributed by atoms with E-state index in [0.717, 1.165) is 25.1 Å². The van der Waals surface area contributed by atoms with Crippen molar-refractivity contribution in [3.05, 3.63) is 30.3 Å². The van der Waals surface area contributed by atoms with Crippen molar-refractivity contribution in [3.63, 3.8) is 0 Å². The van der Waals surface area contributed by atoms with Crippen LogP contribution in [0.4, 0.5) is 5.69 Å². The molecule has 0 spiro atoms. The summed E-state index contributed by atoms with van der Waals surface area (Å²) in [6.45, 7) is 4.86. The SMILES string of the molecule is CCCCN(C)C(=O)C(C)Nc1ccccc1. The highest BCUT2D eigenvalue weighted by atomic mass is 16.2. The largest absolute Gasteiger partial charge is 0.374 e. The lowest BCUT2D eigenvalue weighted by Gasteiger charge is -2.22. The summed E-state index contributed by atoms with van der Waals surface area (Å²) >= 11 is 0. The number of carbonyl (C=O) groups excluding carboxylic acids is 1. The number of hydrogen-bond acceptors (Lipinski definition) is 2. The normalized spacial score (nSPS) is 11.9. The van der Waals surface area contributed by atoms with Gasteiger partial charge in [0.15, 0.2) is 0 Å². The molecule has 0 radical (unpaired) electrons. The Labute approximate surface area is 104 Å². The van der Waals surface area contributed by atoms with Crippen LogP contribution in [0.5, 0.6) is 0 Å². The average Bonchev–Trinajstić information content (AvgIpc) is 2.36. The third kappa shape index (κ3) is 4.47. The van der Waals surface area contributed by atoms with Crippen LogP contribution in [-0.2, 0) is 4.79 Å². The number of hydrogen-bond donors (Lipinski definition) is 1. The minimum atomic E-state index is -0.181. The molecule has 0 aliphatic heterocycles. The van der Waals surface area contributed by atoms with Crippen molar-refractivity contribution in [2.24, 2.45) is 0 Å². The maximum Gasteiger partial charge on any atom is 0.244 e. The minimum Gasteiger partial charge on any atom is -0.374 e. The van der Waals surface area contributed by atoms with Gasteiger partial charge in [-0.1, -0.05) is 31.5 Å². The van der Waals surface area contributed by atoms with Crippen LogP contribution in [0, 0.1) is 0 Å². The number of anilines is 1. The van der Waals surface area contributed by atoms with Crippen LogP contribution >= 0.6 is 0 Å². The second kappa shape index (κ2) is 6.94. The summed E-state index contributed by atoms with van der Waals surface area (Å²) in [6, 6.07) is 9.64. The number of nitrogens with one attached hydrogen (secondary N) is 1. The maximum absolute atomic E-state index is 12.0. The van der Waals surface area contributed by atoms with E-state index in [0.29, 0.717) is 0 Å². The smallest absolute Gasteiger partial charge is 0.244 e. The van der Waals surface area contributed by atoms with Crippen LogP contribution in [0.15, 0.2) is 30.3 Å². The van der Waals surface area contributed by atoms with Gasteiger partial charge in [0, 0.05) is 19.3 Å². The summed E-state index contributed by atoms with van der Waals surface area (Å²) in [5.74, 6) is 0.141. The molecule has 0 aliphatic rings. The first-order valence-electron chi connectivity index (χ1n) is 6.21. The van der Waals surface area contributed by atoms with E-state index in [1.807, 2.05) is 44.3 Å². The van der Waals surface area contributed by atoms with Gasteiger partial charge >= 0.3 is 0 Å². The third-order valence-electron chi connectivity index (χ3n) is 2.75. The standard InChI is InChI=1S/C14H22N2O/c1-4-5-11-16(3)14(17)12(2)15-13-9-7-6-8-10-13/h6-10,12,15H,4-5,11H2,1-3H3. The molecule has 1 amide bonds. The van der Waals surface area contributed by atoms with Crippen molar-refractivity contribution in [2.45, 2.75) is 32.7 Å². The summed E-state index contributed by atoms with van der Waals surface area (Å²) in [5, 5.41) is 3.21. The lowest BCUT2D eigenvalue weighted by Crippen LogP contribution is -2.39. The van der Waals surface area contributed by atoms with E-state index in [2.05, 4.69) is 12.2 Å². The maximum atomic E-state index is 12.0. The molecule has 0 fully saturated rings. The Morgan fingerprint density at radius 1 is 1.35 bits per heavy atom. The molecular formula is C14H22N2O. The highest BCUT2D eigenvalue weighted by Crippen LogP contribution is 2.08. The van der Waals surface area contributed by atoms with Crippen molar-refractivity contribution in [2.75, 3.05) is 18.9 Å². The van der Waals surface area contributed by atoms with Crippen LogP contribution < -0.4 is 5.32 Å². The van der Waals surface area contributed by atoms with E-state index >= 15 is 0 Å². The van der Waals surface area contributed by atoms with Crippen molar-refractivity contribution in [3.8, 4) is 0 Å². The van der Waals surface area contributed by atoms with Crippen molar-refractivity contribution >= 4 is 11.6 Å². The number of likely N-dealkylation sites (N-methyl/N-ethyl adjacent to an activating group) is 1. The van der Waals surface area contributed by atoms with E-state index < -0.39 is 0 Å². The van der Waals surface area contributed by atoms with Gasteiger partial charge in [-0.2, -0.15) is 0 Å². The van der Waals surface area contributed by atoms with Gasteiger partial charge in [0.1, 0.15) is 6.04 Å². The van der Waals surface area contributed by atoms with E-state index in [4.69, 9.17) is 0 Å². The average molecular weight is 234 g/mol. The second-order valence-corrected chi connectivity index (χ2v) is 4.35. The molecule has 1 atom stereocenters. The van der Waals surface area contributed by atoms with Gasteiger partial charge < -0.3 is 10.2 Å². The van der Waals surface area contributed by atoms with E-state index in [1.165, 1.54) is 0 Å². The van der Waals surface area contributed by atoms with Gasteiger partial charge in [0.05, 0.1) is 0 Å². The number of nitrogens with zero attached hydrogens (tertiary/aromatic N) is 1. The zero-order valence-electron chi connectivity index (χ0n) is 10.9. The molecule has 0 saturated carbocycles. The van der Waals surface area contributed by atoms with Crippen molar-refractivity contribution in [1.82, 2.24) is 4.90 Å². The molecule has 1 aromatic carbocycles. The highest BCUT2D eigenvalue weighted by Gasteiger charge is 2.16. The lowest BCUT2D eigenvalue weighted by molar-refractivity contribution is -0.130. The number of amides is 1. The molecule has 3 nitrogen and oxygen atoms in total. The van der Waals surface area contributed by atoms with Gasteiger partial charge in [-0.05, 0) is 25.5 Å². The van der Waals surface area contributed by atoms with Gasteiger partial charge in [-0.15, -0.1) is 0 Å². The van der Waals surface area contributed by atoms with Gasteiger partial charge in [0.2, 0.25) is 5.91 Å². The summed E-state index contributed by atoms with van der Waals surface area (Å²) < 4.78 is 0. The molecule has 0 heterocycles. The minimum absolute atomic E-state index is 0.141. The first-order valence-corrected chi connectivity index (χ1v) is 6.21. The van der Waals surface area contributed by atoms with Crippen molar-refractivity contribution in [1.29, 1.82) is 0 Å². The topological polar surface area (TPSA) is 32.3 Å². The van der Waals surface area contributed by atoms with Gasteiger partial charge in [-0.3, -0.25) is 4.79 Å². The summed E-state index contributed by atoms with van der Waals surface area (Å²) in [7, 11) is 1.86. The second-order valence-electron chi connectivity index (χ2n) is 4.35. The molecule has 1 rings (SSSR count). The molecule has 17 heavy (non-hydrogen) atoms. The van der Waals surface area contributed by atoms with Crippen molar-refractivity contribution < 1.29 is 4.79 Å².